The number of rotatable bonds is 4. The average molecular weight is 349 g/mol. The van der Waals surface area contributed by atoms with E-state index in [1.54, 1.807) is 12.1 Å². The van der Waals surface area contributed by atoms with Crippen LogP contribution in [0.5, 0.6) is 5.75 Å². The summed E-state index contributed by atoms with van der Waals surface area (Å²) in [7, 11) is 1.48. The van der Waals surface area contributed by atoms with Crippen LogP contribution in [0.1, 0.15) is 23.6 Å². The van der Waals surface area contributed by atoms with Crippen molar-refractivity contribution in [1.29, 1.82) is 0 Å². The van der Waals surface area contributed by atoms with Crippen LogP contribution in [-0.4, -0.2) is 38.2 Å². The molecular weight excluding hydrogens is 327 g/mol. The molecule has 1 heterocycles. The molecule has 1 N–H and O–H groups in total. The van der Waals surface area contributed by atoms with Crippen molar-refractivity contribution < 1.29 is 9.13 Å². The molecule has 3 rings (SSSR count). The molecule has 1 fully saturated rings. The quantitative estimate of drug-likeness (QED) is 0.907. The third-order valence-electron chi connectivity index (χ3n) is 4.40. The fraction of sp³-hybridized carbons (Fsp3) is 0.368. The molecule has 5 heteroatoms. The molecule has 2 aromatic carbocycles. The number of nitrogens with one attached hydrogen (secondary N) is 1. The highest BCUT2D eigenvalue weighted by molar-refractivity contribution is 6.30. The Bertz CT molecular complexity index is 687. The highest BCUT2D eigenvalue weighted by Crippen LogP contribution is 2.32. The van der Waals surface area contributed by atoms with Gasteiger partial charge in [-0.05, 0) is 48.4 Å². The number of methoxy groups -OCH3 is 1. The van der Waals surface area contributed by atoms with E-state index >= 15 is 0 Å². The average Bonchev–Trinajstić information content (AvgIpc) is 2.85. The van der Waals surface area contributed by atoms with Gasteiger partial charge in [0.2, 0.25) is 0 Å². The van der Waals surface area contributed by atoms with Crippen LogP contribution in [0.4, 0.5) is 4.39 Å². The topological polar surface area (TPSA) is 24.5 Å². The molecule has 128 valence electrons. The van der Waals surface area contributed by atoms with Gasteiger partial charge in [-0.3, -0.25) is 4.90 Å². The first-order chi connectivity index (χ1) is 11.7. The van der Waals surface area contributed by atoms with Gasteiger partial charge >= 0.3 is 0 Å². The van der Waals surface area contributed by atoms with Gasteiger partial charge in [0, 0.05) is 24.7 Å². The highest BCUT2D eigenvalue weighted by atomic mass is 35.5. The van der Waals surface area contributed by atoms with Gasteiger partial charge < -0.3 is 10.1 Å². The van der Waals surface area contributed by atoms with E-state index in [0.29, 0.717) is 5.02 Å². The van der Waals surface area contributed by atoms with Gasteiger partial charge in [0.25, 0.3) is 0 Å². The standard InChI is InChI=1S/C19H22ClFN2O/c1-24-18-7-6-15(13-17(18)21)19(14-4-2-5-16(20)12-14)23-10-3-8-22-9-11-23/h2,4-7,12-13,19,22H,3,8-11H2,1H3. The number of nitrogens with zero attached hydrogens (tertiary/aromatic N) is 1. The predicted molar refractivity (Wildman–Crippen MR) is 95.3 cm³/mol. The predicted octanol–water partition coefficient (Wildman–Crippen LogP) is 3.87. The molecule has 24 heavy (non-hydrogen) atoms. The number of benzene rings is 2. The van der Waals surface area contributed by atoms with E-state index in [1.165, 1.54) is 7.11 Å². The van der Waals surface area contributed by atoms with Crippen molar-refractivity contribution in [2.24, 2.45) is 0 Å². The molecule has 1 aliphatic heterocycles. The van der Waals surface area contributed by atoms with Crippen molar-refractivity contribution in [2.75, 3.05) is 33.3 Å². The Kier molecular flexibility index (Phi) is 5.72. The molecule has 0 aliphatic carbocycles. The van der Waals surface area contributed by atoms with Crippen molar-refractivity contribution in [2.45, 2.75) is 12.5 Å². The normalized spacial score (nSPS) is 17.3. The van der Waals surface area contributed by atoms with Crippen molar-refractivity contribution in [1.82, 2.24) is 10.2 Å². The van der Waals surface area contributed by atoms with Gasteiger partial charge in [0.1, 0.15) is 0 Å². The molecule has 0 spiro atoms. The molecule has 0 aromatic heterocycles. The van der Waals surface area contributed by atoms with Crippen molar-refractivity contribution >= 4 is 11.6 Å². The highest BCUT2D eigenvalue weighted by Gasteiger charge is 2.24. The first-order valence-corrected chi connectivity index (χ1v) is 8.60. The van der Waals surface area contributed by atoms with Gasteiger partial charge in [-0.15, -0.1) is 0 Å². The lowest BCUT2D eigenvalue weighted by Gasteiger charge is -2.31. The third kappa shape index (κ3) is 3.89. The van der Waals surface area contributed by atoms with Gasteiger partial charge in [-0.2, -0.15) is 0 Å². The van der Waals surface area contributed by atoms with E-state index < -0.39 is 0 Å². The summed E-state index contributed by atoms with van der Waals surface area (Å²) in [4.78, 5) is 2.38. The van der Waals surface area contributed by atoms with Gasteiger partial charge in [-0.25, -0.2) is 4.39 Å². The van der Waals surface area contributed by atoms with Crippen molar-refractivity contribution in [3.63, 3.8) is 0 Å². The maximum atomic E-state index is 14.3. The summed E-state index contributed by atoms with van der Waals surface area (Å²) in [6.45, 7) is 3.80. The Balaban J connectivity index is 2.02. The minimum absolute atomic E-state index is 0.0241. The molecule has 0 bridgehead atoms. The van der Waals surface area contributed by atoms with E-state index in [0.717, 1.165) is 43.7 Å². The van der Waals surface area contributed by atoms with Crippen LogP contribution in [0.15, 0.2) is 42.5 Å². The zero-order valence-electron chi connectivity index (χ0n) is 13.8. The van der Waals surface area contributed by atoms with E-state index in [9.17, 15) is 4.39 Å². The molecular formula is C19H22ClFN2O. The Labute approximate surface area is 147 Å². The van der Waals surface area contributed by atoms with Crippen LogP contribution < -0.4 is 10.1 Å². The zero-order valence-corrected chi connectivity index (χ0v) is 14.5. The second-order valence-electron chi connectivity index (χ2n) is 5.99. The van der Waals surface area contributed by atoms with Crippen LogP contribution in [0, 0.1) is 5.82 Å². The van der Waals surface area contributed by atoms with E-state index in [-0.39, 0.29) is 17.6 Å². The SMILES string of the molecule is COc1ccc(C(c2cccc(Cl)c2)N2CCCNCC2)cc1F. The van der Waals surface area contributed by atoms with Crippen LogP contribution in [0.25, 0.3) is 0 Å². The molecule has 0 saturated carbocycles. The maximum absolute atomic E-state index is 14.3. The fourth-order valence-electron chi connectivity index (χ4n) is 3.27. The number of ether oxygens (including phenoxy) is 1. The summed E-state index contributed by atoms with van der Waals surface area (Å²) in [5.74, 6) is -0.0731. The summed E-state index contributed by atoms with van der Waals surface area (Å²) in [5, 5.41) is 4.11. The first-order valence-electron chi connectivity index (χ1n) is 8.22. The number of hydrogen-bond acceptors (Lipinski definition) is 3. The summed E-state index contributed by atoms with van der Waals surface area (Å²) in [6, 6.07) is 13.0. The number of hydrogen-bond donors (Lipinski definition) is 1. The minimum atomic E-state index is -0.338. The first kappa shape index (κ1) is 17.2. The minimum Gasteiger partial charge on any atom is -0.494 e. The van der Waals surface area contributed by atoms with E-state index in [4.69, 9.17) is 16.3 Å². The fourth-order valence-corrected chi connectivity index (χ4v) is 3.47. The Morgan fingerprint density at radius 3 is 2.71 bits per heavy atom. The monoisotopic (exact) mass is 348 g/mol. The van der Waals surface area contributed by atoms with Crippen LogP contribution >= 0.6 is 11.6 Å². The molecule has 1 aliphatic rings. The zero-order chi connectivity index (χ0) is 16.9. The maximum Gasteiger partial charge on any atom is 0.165 e. The lowest BCUT2D eigenvalue weighted by molar-refractivity contribution is 0.240. The van der Waals surface area contributed by atoms with Gasteiger partial charge in [-0.1, -0.05) is 29.8 Å². The molecule has 2 aromatic rings. The summed E-state index contributed by atoms with van der Waals surface area (Å²) in [6.07, 6.45) is 1.07. The molecule has 1 atom stereocenters. The summed E-state index contributed by atoms with van der Waals surface area (Å²) in [5.41, 5.74) is 1.99. The van der Waals surface area contributed by atoms with E-state index in [1.807, 2.05) is 24.3 Å². The molecule has 1 unspecified atom stereocenters. The lowest BCUT2D eigenvalue weighted by atomic mass is 9.96. The Hall–Kier alpha value is -1.62. The largest absolute Gasteiger partial charge is 0.494 e. The summed E-state index contributed by atoms with van der Waals surface area (Å²) >= 11 is 6.20. The van der Waals surface area contributed by atoms with Crippen molar-refractivity contribution in [3.05, 3.63) is 64.4 Å². The summed E-state index contributed by atoms with van der Waals surface area (Å²) < 4.78 is 19.3. The van der Waals surface area contributed by atoms with Crippen LogP contribution in [0.3, 0.4) is 0 Å². The van der Waals surface area contributed by atoms with Gasteiger partial charge in [0.15, 0.2) is 11.6 Å². The smallest absolute Gasteiger partial charge is 0.165 e. The van der Waals surface area contributed by atoms with Crippen molar-refractivity contribution in [3.8, 4) is 5.75 Å². The third-order valence-corrected chi connectivity index (χ3v) is 4.63. The molecule has 0 amide bonds. The van der Waals surface area contributed by atoms with Crippen LogP contribution in [0.2, 0.25) is 5.02 Å². The Morgan fingerprint density at radius 1 is 1.12 bits per heavy atom. The molecule has 0 radical (unpaired) electrons. The second kappa shape index (κ2) is 7.97. The number of halogens is 2. The van der Waals surface area contributed by atoms with E-state index in [2.05, 4.69) is 16.3 Å². The van der Waals surface area contributed by atoms with Crippen LogP contribution in [-0.2, 0) is 0 Å². The molecule has 1 saturated heterocycles. The Morgan fingerprint density at radius 2 is 1.96 bits per heavy atom. The second-order valence-corrected chi connectivity index (χ2v) is 6.43. The van der Waals surface area contributed by atoms with Gasteiger partial charge in [0.05, 0.1) is 13.2 Å². The lowest BCUT2D eigenvalue weighted by Crippen LogP contribution is -2.33. The molecule has 3 nitrogen and oxygen atoms in total.